The summed E-state index contributed by atoms with van der Waals surface area (Å²) in [6.45, 7) is 1.11. The third kappa shape index (κ3) is 5.15. The second-order valence-electron chi connectivity index (χ2n) is 8.00. The Balaban J connectivity index is 1.40. The fourth-order valence-electron chi connectivity index (χ4n) is 4.02. The van der Waals surface area contributed by atoms with Gasteiger partial charge in [0, 0.05) is 19.6 Å². The second-order valence-corrected chi connectivity index (χ2v) is 9.76. The van der Waals surface area contributed by atoms with Crippen LogP contribution < -0.4 is 15.3 Å². The summed E-state index contributed by atoms with van der Waals surface area (Å²) >= 11 is 0. The van der Waals surface area contributed by atoms with Crippen molar-refractivity contribution in [3.05, 3.63) is 71.8 Å². The molecule has 1 amide bonds. The number of hydrogen-bond acceptors (Lipinski definition) is 6. The van der Waals surface area contributed by atoms with Gasteiger partial charge in [0.1, 0.15) is 5.75 Å². The van der Waals surface area contributed by atoms with Crippen molar-refractivity contribution >= 4 is 32.9 Å². The van der Waals surface area contributed by atoms with Gasteiger partial charge in [0.2, 0.25) is 15.9 Å². The molecule has 9 heteroatoms. The van der Waals surface area contributed by atoms with E-state index in [0.29, 0.717) is 25.3 Å². The van der Waals surface area contributed by atoms with Crippen LogP contribution >= 0.6 is 0 Å². The summed E-state index contributed by atoms with van der Waals surface area (Å²) in [6.07, 6.45) is 2.15. The Labute approximate surface area is 193 Å². The topological polar surface area (TPSA) is 114 Å². The highest BCUT2D eigenvalue weighted by atomic mass is 32.2. The van der Waals surface area contributed by atoms with Crippen molar-refractivity contribution in [3.63, 3.8) is 0 Å². The van der Waals surface area contributed by atoms with E-state index >= 15 is 0 Å². The maximum atomic E-state index is 12.9. The number of nitrogens with zero attached hydrogens (tertiary/aromatic N) is 2. The van der Waals surface area contributed by atoms with Gasteiger partial charge in [-0.25, -0.2) is 13.1 Å². The molecule has 3 N–H and O–H groups in total. The summed E-state index contributed by atoms with van der Waals surface area (Å²) in [5.41, 5.74) is 1.83. The molecule has 0 unspecified atom stereocenters. The van der Waals surface area contributed by atoms with E-state index < -0.39 is 15.9 Å². The van der Waals surface area contributed by atoms with E-state index in [1.807, 2.05) is 36.4 Å². The number of carbonyl (C=O) groups excluding carboxylic acids is 1. The average molecular weight is 467 g/mol. The second kappa shape index (κ2) is 9.60. The van der Waals surface area contributed by atoms with Crippen molar-refractivity contribution in [2.75, 3.05) is 20.2 Å². The van der Waals surface area contributed by atoms with Crippen molar-refractivity contribution in [1.82, 2.24) is 9.62 Å². The fourth-order valence-corrected chi connectivity index (χ4v) is 5.13. The molecule has 3 aromatic rings. The Morgan fingerprint density at radius 2 is 1.94 bits per heavy atom. The van der Waals surface area contributed by atoms with Crippen LogP contribution in [0.4, 0.5) is 0 Å². The van der Waals surface area contributed by atoms with Gasteiger partial charge in [-0.1, -0.05) is 30.3 Å². The van der Waals surface area contributed by atoms with Crippen LogP contribution in [0.15, 0.2) is 70.7 Å². The number of fused-ring (bicyclic) bond motifs is 1. The number of carbonyl (C=O) groups is 1. The zero-order valence-electron chi connectivity index (χ0n) is 18.3. The molecule has 0 spiro atoms. The Morgan fingerprint density at radius 3 is 2.73 bits per heavy atom. The molecule has 0 aromatic heterocycles. The molecular formula is C24H26N4O4S. The van der Waals surface area contributed by atoms with Crippen molar-refractivity contribution in [1.29, 1.82) is 0 Å². The lowest BCUT2D eigenvalue weighted by Gasteiger charge is -2.17. The molecule has 1 fully saturated rings. The van der Waals surface area contributed by atoms with Crippen LogP contribution in [-0.2, 0) is 21.4 Å². The van der Waals surface area contributed by atoms with Gasteiger partial charge in [-0.3, -0.25) is 4.79 Å². The van der Waals surface area contributed by atoms with Crippen LogP contribution in [-0.4, -0.2) is 45.6 Å². The first-order chi connectivity index (χ1) is 15.9. The Bertz CT molecular complexity index is 1310. The zero-order chi connectivity index (χ0) is 23.4. The molecule has 3 aromatic carbocycles. The van der Waals surface area contributed by atoms with Gasteiger partial charge in [-0.05, 0) is 58.7 Å². The van der Waals surface area contributed by atoms with Crippen molar-refractivity contribution in [2.24, 2.45) is 16.9 Å². The minimum atomic E-state index is -3.75. The molecule has 1 aliphatic heterocycles. The number of nitrogens with two attached hydrogens (primary N) is 1. The third-order valence-electron chi connectivity index (χ3n) is 5.81. The van der Waals surface area contributed by atoms with Crippen LogP contribution in [0.1, 0.15) is 17.5 Å². The minimum absolute atomic E-state index is 0.0544. The highest BCUT2D eigenvalue weighted by Gasteiger charge is 2.32. The van der Waals surface area contributed by atoms with E-state index in [1.54, 1.807) is 42.5 Å². The molecule has 1 heterocycles. The van der Waals surface area contributed by atoms with Crippen LogP contribution in [0.3, 0.4) is 0 Å². The Kier molecular flexibility index (Phi) is 6.62. The molecule has 172 valence electrons. The molecular weight excluding hydrogens is 440 g/mol. The first-order valence-corrected chi connectivity index (χ1v) is 12.1. The van der Waals surface area contributed by atoms with Crippen LogP contribution in [0.25, 0.3) is 10.8 Å². The summed E-state index contributed by atoms with van der Waals surface area (Å²) in [5, 5.41) is 5.21. The summed E-state index contributed by atoms with van der Waals surface area (Å²) in [4.78, 5) is 14.8. The molecule has 4 rings (SSSR count). The molecule has 1 saturated heterocycles. The number of sulfonamides is 1. The molecule has 1 aliphatic rings. The lowest BCUT2D eigenvalue weighted by atomic mass is 10.1. The van der Waals surface area contributed by atoms with Crippen molar-refractivity contribution < 1.29 is 17.9 Å². The number of ether oxygens (including phenoxy) is 1. The summed E-state index contributed by atoms with van der Waals surface area (Å²) in [6, 6.07) is 18.0. The normalized spacial score (nSPS) is 16.7. The van der Waals surface area contributed by atoms with Crippen molar-refractivity contribution in [3.8, 4) is 5.75 Å². The maximum Gasteiger partial charge on any atom is 0.240 e. The highest BCUT2D eigenvalue weighted by molar-refractivity contribution is 7.89. The largest absolute Gasteiger partial charge is 0.497 e. The molecule has 0 aliphatic carbocycles. The van der Waals surface area contributed by atoms with E-state index in [0.717, 1.165) is 21.9 Å². The summed E-state index contributed by atoms with van der Waals surface area (Å²) in [5.74, 6) is 5.47. The maximum absolute atomic E-state index is 12.9. The molecule has 33 heavy (non-hydrogen) atoms. The first-order valence-electron chi connectivity index (χ1n) is 10.6. The van der Waals surface area contributed by atoms with Gasteiger partial charge in [0.05, 0.1) is 24.1 Å². The first kappa shape index (κ1) is 22.8. The number of hydrazone groups is 1. The quantitative estimate of drug-likeness (QED) is 0.301. The summed E-state index contributed by atoms with van der Waals surface area (Å²) < 4.78 is 33.5. The number of hydrogen-bond donors (Lipinski definition) is 2. The van der Waals surface area contributed by atoms with Crippen LogP contribution in [0.5, 0.6) is 5.75 Å². The van der Waals surface area contributed by atoms with Crippen LogP contribution in [0.2, 0.25) is 0 Å². The lowest BCUT2D eigenvalue weighted by Crippen LogP contribution is -2.34. The van der Waals surface area contributed by atoms with Crippen molar-refractivity contribution in [2.45, 2.75) is 17.9 Å². The predicted octanol–water partition coefficient (Wildman–Crippen LogP) is 2.47. The number of rotatable bonds is 8. The molecule has 0 bridgehead atoms. The van der Waals surface area contributed by atoms with Gasteiger partial charge in [0.15, 0.2) is 0 Å². The third-order valence-corrected chi connectivity index (χ3v) is 7.23. The smallest absolute Gasteiger partial charge is 0.240 e. The van der Waals surface area contributed by atoms with E-state index in [4.69, 9.17) is 10.6 Å². The van der Waals surface area contributed by atoms with E-state index in [9.17, 15) is 13.2 Å². The molecule has 0 radical (unpaired) electrons. The SMILES string of the molecule is COc1ccc2cc(S(=O)(=O)NC[C@@H]3CCN(Cc4cccc(C=NN)c4)C3=O)ccc2c1. The molecule has 1 atom stereocenters. The highest BCUT2D eigenvalue weighted by Crippen LogP contribution is 2.25. The van der Waals surface area contributed by atoms with Gasteiger partial charge >= 0.3 is 0 Å². The zero-order valence-corrected chi connectivity index (χ0v) is 19.1. The molecule has 0 saturated carbocycles. The van der Waals surface area contributed by atoms with Gasteiger partial charge in [0.25, 0.3) is 0 Å². The number of methoxy groups -OCH3 is 1. The van der Waals surface area contributed by atoms with Gasteiger partial charge in [-0.2, -0.15) is 5.10 Å². The van der Waals surface area contributed by atoms with Gasteiger partial charge in [-0.15, -0.1) is 0 Å². The van der Waals surface area contributed by atoms with E-state index in [1.165, 1.54) is 0 Å². The van der Waals surface area contributed by atoms with E-state index in [2.05, 4.69) is 9.82 Å². The molecule has 8 nitrogen and oxygen atoms in total. The Morgan fingerprint density at radius 1 is 1.15 bits per heavy atom. The predicted molar refractivity (Wildman–Crippen MR) is 127 cm³/mol. The van der Waals surface area contributed by atoms with Gasteiger partial charge < -0.3 is 15.5 Å². The number of benzene rings is 3. The number of likely N-dealkylation sites (tertiary alicyclic amines) is 1. The monoisotopic (exact) mass is 466 g/mol. The standard InChI is InChI=1S/C24H26N4O4S/c1-32-22-7-5-20-13-23(8-6-19(20)12-22)33(30,31)27-15-21-9-10-28(24(21)29)16-18-4-2-3-17(11-18)14-26-25/h2-8,11-14,21,27H,9-10,15-16,25H2,1H3/t21-/m0/s1. The Hall–Kier alpha value is -3.43. The fraction of sp³-hybridized carbons (Fsp3) is 0.250. The number of nitrogens with one attached hydrogen (secondary N) is 1. The number of amides is 1. The average Bonchev–Trinajstić information content (AvgIpc) is 3.16. The van der Waals surface area contributed by atoms with E-state index in [-0.39, 0.29) is 17.3 Å². The van der Waals surface area contributed by atoms with Crippen LogP contribution in [0, 0.1) is 5.92 Å². The lowest BCUT2D eigenvalue weighted by molar-refractivity contribution is -0.131. The minimum Gasteiger partial charge on any atom is -0.497 e. The summed E-state index contributed by atoms with van der Waals surface area (Å²) in [7, 11) is -2.16.